The van der Waals surface area contributed by atoms with E-state index in [1.807, 2.05) is 30.4 Å². The van der Waals surface area contributed by atoms with E-state index in [9.17, 15) is 0 Å². The number of aromatic nitrogens is 2. The molecule has 0 aromatic carbocycles. The van der Waals surface area contributed by atoms with Crippen molar-refractivity contribution in [3.63, 3.8) is 0 Å². The SMILES string of the molecule is Nc1cncc(C=Cc2ccncc2)c1. The molecule has 0 amide bonds. The molecule has 0 aliphatic rings. The van der Waals surface area contributed by atoms with Gasteiger partial charge in [-0.15, -0.1) is 0 Å². The van der Waals surface area contributed by atoms with Gasteiger partial charge in [0.2, 0.25) is 0 Å². The molecule has 15 heavy (non-hydrogen) atoms. The van der Waals surface area contributed by atoms with Crippen molar-refractivity contribution in [3.05, 3.63) is 54.1 Å². The molecule has 0 radical (unpaired) electrons. The third kappa shape index (κ3) is 2.64. The molecule has 0 saturated carbocycles. The highest BCUT2D eigenvalue weighted by Crippen LogP contribution is 2.08. The monoisotopic (exact) mass is 197 g/mol. The third-order valence-electron chi connectivity index (χ3n) is 1.95. The number of pyridine rings is 2. The fourth-order valence-corrected chi connectivity index (χ4v) is 1.23. The van der Waals surface area contributed by atoms with Crippen LogP contribution < -0.4 is 5.73 Å². The Morgan fingerprint density at radius 2 is 1.67 bits per heavy atom. The summed E-state index contributed by atoms with van der Waals surface area (Å²) in [5, 5.41) is 0. The highest BCUT2D eigenvalue weighted by atomic mass is 14.7. The molecule has 2 rings (SSSR count). The van der Waals surface area contributed by atoms with E-state index >= 15 is 0 Å². The van der Waals surface area contributed by atoms with E-state index in [1.54, 1.807) is 24.8 Å². The molecule has 0 aliphatic carbocycles. The fraction of sp³-hybridized carbons (Fsp3) is 0. The van der Waals surface area contributed by atoms with Crippen LogP contribution in [0.3, 0.4) is 0 Å². The molecule has 2 heterocycles. The number of hydrogen-bond donors (Lipinski definition) is 1. The van der Waals surface area contributed by atoms with Gasteiger partial charge >= 0.3 is 0 Å². The second-order valence-corrected chi connectivity index (χ2v) is 3.17. The largest absolute Gasteiger partial charge is 0.397 e. The molecule has 0 bridgehead atoms. The van der Waals surface area contributed by atoms with E-state index in [4.69, 9.17) is 5.73 Å². The average Bonchev–Trinajstić information content (AvgIpc) is 2.28. The molecule has 2 aromatic rings. The highest BCUT2D eigenvalue weighted by molar-refractivity contribution is 5.70. The zero-order chi connectivity index (χ0) is 10.5. The van der Waals surface area contributed by atoms with Gasteiger partial charge in [0.25, 0.3) is 0 Å². The molecule has 0 saturated heterocycles. The zero-order valence-corrected chi connectivity index (χ0v) is 8.17. The molecule has 0 aliphatic heterocycles. The Hall–Kier alpha value is -2.16. The van der Waals surface area contributed by atoms with Crippen molar-refractivity contribution in [2.45, 2.75) is 0 Å². The van der Waals surface area contributed by atoms with Crippen molar-refractivity contribution in [1.82, 2.24) is 9.97 Å². The molecule has 3 heteroatoms. The molecule has 0 fully saturated rings. The van der Waals surface area contributed by atoms with Crippen LogP contribution in [0.2, 0.25) is 0 Å². The quantitative estimate of drug-likeness (QED) is 0.803. The first kappa shape index (κ1) is 9.40. The number of hydrogen-bond acceptors (Lipinski definition) is 3. The van der Waals surface area contributed by atoms with Crippen LogP contribution in [0.1, 0.15) is 11.1 Å². The molecule has 2 N–H and O–H groups in total. The molecule has 74 valence electrons. The van der Waals surface area contributed by atoms with E-state index in [2.05, 4.69) is 9.97 Å². The van der Waals surface area contributed by atoms with Crippen LogP contribution >= 0.6 is 0 Å². The Balaban J connectivity index is 2.19. The van der Waals surface area contributed by atoms with Crippen LogP contribution in [-0.2, 0) is 0 Å². The Morgan fingerprint density at radius 1 is 0.933 bits per heavy atom. The van der Waals surface area contributed by atoms with Gasteiger partial charge in [-0.1, -0.05) is 12.2 Å². The Bertz CT molecular complexity index is 463. The molecule has 3 nitrogen and oxygen atoms in total. The lowest BCUT2D eigenvalue weighted by Gasteiger charge is -1.95. The van der Waals surface area contributed by atoms with Gasteiger partial charge in [-0.25, -0.2) is 0 Å². The predicted octanol–water partition coefficient (Wildman–Crippen LogP) is 2.23. The number of rotatable bonds is 2. The van der Waals surface area contributed by atoms with Gasteiger partial charge in [-0.05, 0) is 29.3 Å². The van der Waals surface area contributed by atoms with Crippen molar-refractivity contribution >= 4 is 17.8 Å². The van der Waals surface area contributed by atoms with Crippen LogP contribution in [0.5, 0.6) is 0 Å². The van der Waals surface area contributed by atoms with E-state index in [0.717, 1.165) is 11.1 Å². The molecule has 0 atom stereocenters. The maximum absolute atomic E-state index is 5.62. The number of nitrogens with two attached hydrogens (primary N) is 1. The van der Waals surface area contributed by atoms with Crippen molar-refractivity contribution < 1.29 is 0 Å². The van der Waals surface area contributed by atoms with Gasteiger partial charge in [-0.3, -0.25) is 9.97 Å². The van der Waals surface area contributed by atoms with Gasteiger partial charge in [-0.2, -0.15) is 0 Å². The second-order valence-electron chi connectivity index (χ2n) is 3.17. The third-order valence-corrected chi connectivity index (χ3v) is 1.95. The van der Waals surface area contributed by atoms with E-state index in [0.29, 0.717) is 5.69 Å². The fourth-order valence-electron chi connectivity index (χ4n) is 1.23. The first-order valence-electron chi connectivity index (χ1n) is 4.63. The van der Waals surface area contributed by atoms with E-state index in [-0.39, 0.29) is 0 Å². The summed E-state index contributed by atoms with van der Waals surface area (Å²) in [6, 6.07) is 5.76. The summed E-state index contributed by atoms with van der Waals surface area (Å²) in [4.78, 5) is 7.96. The average molecular weight is 197 g/mol. The summed E-state index contributed by atoms with van der Waals surface area (Å²) in [5.74, 6) is 0. The van der Waals surface area contributed by atoms with Crippen LogP contribution in [-0.4, -0.2) is 9.97 Å². The maximum Gasteiger partial charge on any atom is 0.0506 e. The summed E-state index contributed by atoms with van der Waals surface area (Å²) >= 11 is 0. The van der Waals surface area contributed by atoms with Crippen molar-refractivity contribution in [2.75, 3.05) is 5.73 Å². The summed E-state index contributed by atoms with van der Waals surface area (Å²) in [7, 11) is 0. The standard InChI is InChI=1S/C12H11N3/c13-12-7-11(8-15-9-12)2-1-10-3-5-14-6-4-10/h1-9H,13H2. The molecular formula is C12H11N3. The molecule has 0 spiro atoms. The molecule has 0 unspecified atom stereocenters. The van der Waals surface area contributed by atoms with Crippen LogP contribution in [0.15, 0.2) is 43.0 Å². The lowest BCUT2D eigenvalue weighted by Crippen LogP contribution is -1.86. The first-order valence-corrected chi connectivity index (χ1v) is 4.63. The second kappa shape index (κ2) is 4.37. The molecular weight excluding hydrogens is 186 g/mol. The Morgan fingerprint density at radius 3 is 2.40 bits per heavy atom. The van der Waals surface area contributed by atoms with Gasteiger partial charge in [0.15, 0.2) is 0 Å². The smallest absolute Gasteiger partial charge is 0.0506 e. The normalized spacial score (nSPS) is 10.7. The highest BCUT2D eigenvalue weighted by Gasteiger charge is 1.89. The maximum atomic E-state index is 5.62. The first-order chi connectivity index (χ1) is 7.34. The lowest BCUT2D eigenvalue weighted by molar-refractivity contribution is 1.32. The summed E-state index contributed by atoms with van der Waals surface area (Å²) in [5.41, 5.74) is 8.39. The molecule has 2 aromatic heterocycles. The van der Waals surface area contributed by atoms with Crippen molar-refractivity contribution in [1.29, 1.82) is 0 Å². The van der Waals surface area contributed by atoms with Crippen molar-refractivity contribution in [3.8, 4) is 0 Å². The minimum atomic E-state index is 0.673. The topological polar surface area (TPSA) is 51.8 Å². The zero-order valence-electron chi connectivity index (χ0n) is 8.17. The van der Waals surface area contributed by atoms with Crippen LogP contribution in [0.4, 0.5) is 5.69 Å². The van der Waals surface area contributed by atoms with Crippen molar-refractivity contribution in [2.24, 2.45) is 0 Å². The summed E-state index contributed by atoms with van der Waals surface area (Å²) < 4.78 is 0. The summed E-state index contributed by atoms with van der Waals surface area (Å²) in [6.45, 7) is 0. The van der Waals surface area contributed by atoms with Crippen LogP contribution in [0.25, 0.3) is 12.2 Å². The Labute approximate surface area is 88.3 Å². The number of nitrogen functional groups attached to an aromatic ring is 1. The minimum absolute atomic E-state index is 0.673. The van der Waals surface area contributed by atoms with Gasteiger partial charge in [0, 0.05) is 24.8 Å². The lowest BCUT2D eigenvalue weighted by atomic mass is 10.2. The van der Waals surface area contributed by atoms with E-state index < -0.39 is 0 Å². The van der Waals surface area contributed by atoms with E-state index in [1.165, 1.54) is 0 Å². The number of nitrogens with zero attached hydrogens (tertiary/aromatic N) is 2. The van der Waals surface area contributed by atoms with Gasteiger partial charge in [0.1, 0.15) is 0 Å². The van der Waals surface area contributed by atoms with Gasteiger partial charge < -0.3 is 5.73 Å². The Kier molecular flexibility index (Phi) is 2.74. The minimum Gasteiger partial charge on any atom is -0.397 e. The number of anilines is 1. The van der Waals surface area contributed by atoms with Crippen LogP contribution in [0, 0.1) is 0 Å². The predicted molar refractivity (Wildman–Crippen MR) is 61.8 cm³/mol. The summed E-state index contributed by atoms with van der Waals surface area (Å²) in [6.07, 6.45) is 10.9. The van der Waals surface area contributed by atoms with Gasteiger partial charge in [0.05, 0.1) is 5.69 Å².